The molecule has 4 aliphatic heterocycles. The number of aliphatic hydroxyl groups excluding tert-OH is 2. The van der Waals surface area contributed by atoms with Crippen LogP contribution in [0.4, 0.5) is 4.79 Å². The number of alkyl carbamates (subject to hydrolysis) is 1. The van der Waals surface area contributed by atoms with Crippen molar-refractivity contribution in [2.24, 2.45) is 23.7 Å². The van der Waals surface area contributed by atoms with Gasteiger partial charge in [-0.15, -0.1) is 0 Å². The number of phenolic OH excluding ortho intramolecular Hbond substituents is 1. The third-order valence-electron chi connectivity index (χ3n) is 12.7. The summed E-state index contributed by atoms with van der Waals surface area (Å²) in [6.07, 6.45) is 3.05. The van der Waals surface area contributed by atoms with E-state index in [0.717, 1.165) is 5.56 Å². The van der Waals surface area contributed by atoms with E-state index in [-0.39, 0.29) is 72.3 Å². The fraction of sp³-hybridized carbons (Fsp3) is 0.479. The summed E-state index contributed by atoms with van der Waals surface area (Å²) in [5, 5.41) is 40.3. The summed E-state index contributed by atoms with van der Waals surface area (Å²) in [5.41, 5.74) is -0.495. The van der Waals surface area contributed by atoms with Crippen LogP contribution in [0.25, 0.3) is 0 Å². The van der Waals surface area contributed by atoms with Gasteiger partial charge in [-0.1, -0.05) is 76.3 Å². The lowest BCUT2D eigenvalue weighted by Gasteiger charge is -2.38. The van der Waals surface area contributed by atoms with Gasteiger partial charge >= 0.3 is 11.9 Å². The van der Waals surface area contributed by atoms with Crippen molar-refractivity contribution in [3.8, 4) is 11.5 Å². The second-order valence-electron chi connectivity index (χ2n) is 17.1. The van der Waals surface area contributed by atoms with Gasteiger partial charge in [-0.05, 0) is 31.9 Å². The van der Waals surface area contributed by atoms with E-state index in [1.54, 1.807) is 44.7 Å². The van der Waals surface area contributed by atoms with Gasteiger partial charge in [0.05, 0.1) is 54.5 Å². The van der Waals surface area contributed by atoms with Crippen molar-refractivity contribution >= 4 is 29.4 Å². The number of carbonyl (C=O) groups excluding carboxylic acids is 5. The number of hydrogen-bond donors (Lipinski definition) is 5. The maximum Gasteiger partial charge on any atom is 0.407 e. The molecule has 2 amide bonds. The Hall–Kier alpha value is -5.81. The predicted molar refractivity (Wildman–Crippen MR) is 233 cm³/mol. The first kappa shape index (κ1) is 47.7. The van der Waals surface area contributed by atoms with Gasteiger partial charge in [0.25, 0.3) is 11.7 Å². The summed E-state index contributed by atoms with van der Waals surface area (Å²) in [4.78, 5) is 72.5. The molecule has 16 heteroatoms. The lowest BCUT2D eigenvalue weighted by atomic mass is 9.78. The zero-order valence-electron chi connectivity index (χ0n) is 37.5. The number of morpholine rings is 1. The molecule has 0 saturated carbocycles. The number of ketones is 3. The van der Waals surface area contributed by atoms with Crippen LogP contribution in [0.3, 0.4) is 0 Å². The number of Topliss-reactive ketones (excluding diaryl/α,β-unsaturated/α-hetero) is 3. The largest absolute Gasteiger partial charge is 0.507 e. The average molecular weight is 886 g/mol. The van der Waals surface area contributed by atoms with E-state index in [2.05, 4.69) is 10.6 Å². The molecule has 7 rings (SSSR count). The van der Waals surface area contributed by atoms with Crippen molar-refractivity contribution in [3.63, 3.8) is 0 Å². The first-order valence-electron chi connectivity index (χ1n) is 21.6. The Morgan fingerprint density at radius 1 is 0.922 bits per heavy atom. The number of aliphatic hydroxyl groups is 2. The normalized spacial score (nSPS) is 31.0. The highest BCUT2D eigenvalue weighted by Gasteiger charge is 2.53. The van der Waals surface area contributed by atoms with Gasteiger partial charge in [0, 0.05) is 68.5 Å². The second kappa shape index (κ2) is 19.9. The van der Waals surface area contributed by atoms with Crippen LogP contribution in [0.2, 0.25) is 0 Å². The zero-order valence-corrected chi connectivity index (χ0v) is 37.5. The van der Waals surface area contributed by atoms with Gasteiger partial charge in [-0.2, -0.15) is 0 Å². The Bertz CT molecular complexity index is 2260. The molecule has 1 saturated heterocycles. The number of nitrogens with one attached hydrogen (secondary N) is 2. The number of amides is 2. The molecule has 1 aliphatic carbocycles. The van der Waals surface area contributed by atoms with Crippen LogP contribution in [-0.2, 0) is 30.2 Å². The molecule has 0 radical (unpaired) electrons. The highest BCUT2D eigenvalue weighted by molar-refractivity contribution is 6.32. The molecule has 0 unspecified atom stereocenters. The summed E-state index contributed by atoms with van der Waals surface area (Å²) < 4.78 is 29.5. The number of aromatic hydroxyl groups is 1. The fourth-order valence-electron chi connectivity index (χ4n) is 8.69. The minimum atomic E-state index is -2.10. The number of carbonyl (C=O) groups is 5. The van der Waals surface area contributed by atoms with E-state index in [4.69, 9.17) is 23.7 Å². The summed E-state index contributed by atoms with van der Waals surface area (Å²) in [6.45, 7) is 12.3. The number of allylic oxidation sites excluding steroid dienone is 4. The monoisotopic (exact) mass is 885 g/mol. The van der Waals surface area contributed by atoms with E-state index in [1.807, 2.05) is 30.3 Å². The number of benzene rings is 2. The molecule has 1 fully saturated rings. The first-order chi connectivity index (χ1) is 30.4. The van der Waals surface area contributed by atoms with Gasteiger partial charge < -0.3 is 54.5 Å². The third kappa shape index (κ3) is 9.50. The fourth-order valence-corrected chi connectivity index (χ4v) is 8.69. The smallest absolute Gasteiger partial charge is 0.407 e. The van der Waals surface area contributed by atoms with Crippen LogP contribution in [-0.4, -0.2) is 120 Å². The van der Waals surface area contributed by atoms with Crippen molar-refractivity contribution in [2.45, 2.75) is 85.1 Å². The lowest BCUT2D eigenvalue weighted by molar-refractivity contribution is -0.116. The van der Waals surface area contributed by atoms with Gasteiger partial charge in [0.2, 0.25) is 11.6 Å². The van der Waals surface area contributed by atoms with Gasteiger partial charge in [0.15, 0.2) is 0 Å². The average Bonchev–Trinajstić information content (AvgIpc) is 3.55. The molecule has 2 aromatic carbocycles. The third-order valence-corrected chi connectivity index (χ3v) is 12.7. The van der Waals surface area contributed by atoms with Crippen molar-refractivity contribution in [1.29, 1.82) is 0 Å². The van der Waals surface area contributed by atoms with Gasteiger partial charge in [-0.25, -0.2) is 4.79 Å². The Morgan fingerprint density at radius 2 is 1.61 bits per heavy atom. The zero-order chi connectivity index (χ0) is 46.6. The Balaban J connectivity index is 1.41. The van der Waals surface area contributed by atoms with Crippen LogP contribution < -0.4 is 15.4 Å². The maximum absolute atomic E-state index is 14.8. The van der Waals surface area contributed by atoms with Crippen molar-refractivity contribution in [2.75, 3.05) is 40.0 Å². The number of phenols is 1. The minimum Gasteiger partial charge on any atom is -0.507 e. The molecular formula is C48H59N3O13. The topological polar surface area (TPSA) is 219 Å². The van der Waals surface area contributed by atoms with Crippen molar-refractivity contribution in [3.05, 3.63) is 106 Å². The van der Waals surface area contributed by atoms with Gasteiger partial charge in [0.1, 0.15) is 29.0 Å². The lowest BCUT2D eigenvalue weighted by Crippen LogP contribution is -2.48. The Labute approximate surface area is 372 Å². The van der Waals surface area contributed by atoms with E-state index < -0.39 is 94.5 Å². The van der Waals surface area contributed by atoms with Gasteiger partial charge in [-0.3, -0.25) is 19.2 Å². The molecule has 5 aliphatic rings. The first-order valence-corrected chi connectivity index (χ1v) is 21.6. The van der Waals surface area contributed by atoms with Crippen LogP contribution in [0, 0.1) is 30.6 Å². The molecular weight excluding hydrogens is 827 g/mol. The summed E-state index contributed by atoms with van der Waals surface area (Å²) in [5.74, 6) is -8.77. The number of nitrogens with zero attached hydrogens (tertiary/aromatic N) is 1. The minimum absolute atomic E-state index is 0.00436. The Kier molecular flexibility index (Phi) is 14.8. The molecule has 0 spiro atoms. The molecule has 2 aromatic rings. The molecule has 344 valence electrons. The highest BCUT2D eigenvalue weighted by atomic mass is 16.7. The van der Waals surface area contributed by atoms with E-state index in [9.17, 15) is 39.3 Å². The number of rotatable bonds is 6. The second-order valence-corrected chi connectivity index (χ2v) is 17.1. The predicted octanol–water partition coefficient (Wildman–Crippen LogP) is 4.70. The van der Waals surface area contributed by atoms with Crippen LogP contribution >= 0.6 is 0 Å². The van der Waals surface area contributed by atoms with E-state index in [0.29, 0.717) is 6.42 Å². The number of methoxy groups -OCH3 is 1. The maximum atomic E-state index is 14.8. The molecule has 9 atom stereocenters. The summed E-state index contributed by atoms with van der Waals surface area (Å²) >= 11 is 0. The van der Waals surface area contributed by atoms with Crippen molar-refractivity contribution in [1.82, 2.24) is 15.5 Å². The van der Waals surface area contributed by atoms with E-state index >= 15 is 0 Å². The Morgan fingerprint density at radius 3 is 2.28 bits per heavy atom. The summed E-state index contributed by atoms with van der Waals surface area (Å²) in [7, 11) is 1.43. The van der Waals surface area contributed by atoms with Crippen LogP contribution in [0.1, 0.15) is 83.7 Å². The molecule has 64 heavy (non-hydrogen) atoms. The van der Waals surface area contributed by atoms with Crippen LogP contribution in [0.5, 0.6) is 11.5 Å². The highest BCUT2D eigenvalue weighted by Crippen LogP contribution is 2.49. The van der Waals surface area contributed by atoms with E-state index in [1.165, 1.54) is 46.3 Å². The molecule has 0 aromatic heterocycles. The molecule has 5 N–H and O–H groups in total. The number of hydrogen-bond acceptors (Lipinski definition) is 14. The summed E-state index contributed by atoms with van der Waals surface area (Å²) in [6, 6.07) is 9.60. The molecule has 4 heterocycles. The van der Waals surface area contributed by atoms with Crippen LogP contribution in [0.15, 0.2) is 77.9 Å². The quantitative estimate of drug-likeness (QED) is 0.266. The molecule has 5 bridgehead atoms. The van der Waals surface area contributed by atoms with Crippen molar-refractivity contribution < 1.29 is 63.0 Å². The standard InChI is InChI=1S/C48H59N3O13/c1-25-13-12-14-26(2)46(58)50-36-37(51-20-23-61-24-21-51)42(56)33-34(41(36)55)40(54)30(6)44-35(33)45(57)48(7,64-44)62-22-18-32(60-8)27(3)43(29(5)39(53)28(4)38(25)52)63-47(59)49-19-17-31-15-10-9-11-16-31/h9-16,18,22,25,27-29,32,38-39,43,52-54H,17,19-21,23-24H2,1-8H3,(H,49,59)(H,50,58)/b13-12+,22-18+,26-14-/t25-,27+,28+,29+,32-,38-,39+,43+,48-/m0/s1. The number of ether oxygens (including phenoxy) is 5. The SMILES string of the molecule is CO[C@H]1/C=C/O[C@@]2(C)Oc3c(C)c(O)c4c(c3C2=O)C(=O)C(N2CCOCC2)=C(NC(=O)/C(C)=C\C=C\[C@H](C)[C@H](O)[C@@H](C)[C@@H](O)[C@@H](C)[C@H](OC(=O)NCCc2ccccc2)[C@@H]1C)C4=O. The number of fused-ring (bicyclic) bond motifs is 14. The molecule has 16 nitrogen and oxygen atoms in total.